The number of aromatic nitrogens is 3. The molecule has 0 spiro atoms. The van der Waals surface area contributed by atoms with Crippen LogP contribution in [-0.2, 0) is 17.7 Å². The molecule has 7 heteroatoms. The monoisotopic (exact) mass is 264 g/mol. The number of aryl methyl sites for hydroxylation is 1. The summed E-state index contributed by atoms with van der Waals surface area (Å²) in [7, 11) is 1.34. The maximum atomic E-state index is 11.2. The minimum atomic E-state index is -0.389. The third kappa shape index (κ3) is 3.92. The van der Waals surface area contributed by atoms with Crippen molar-refractivity contribution in [3.05, 3.63) is 35.8 Å². The zero-order valence-electron chi connectivity index (χ0n) is 10.7. The van der Waals surface area contributed by atoms with E-state index >= 15 is 0 Å². The number of carbonyl (C=O) groups is 1. The molecular weight excluding hydrogens is 248 g/mol. The lowest BCUT2D eigenvalue weighted by Gasteiger charge is -2.00. The van der Waals surface area contributed by atoms with Gasteiger partial charge in [0, 0.05) is 6.42 Å². The van der Waals surface area contributed by atoms with E-state index < -0.39 is 0 Å². The highest BCUT2D eigenvalue weighted by atomic mass is 16.5. The SMILES string of the molecule is COC(=O)c1coc(CNCCCc2ncn[nH]2)c1. The summed E-state index contributed by atoms with van der Waals surface area (Å²) in [6.07, 6.45) is 4.69. The van der Waals surface area contributed by atoms with Gasteiger partial charge in [-0.25, -0.2) is 9.78 Å². The second-order valence-corrected chi connectivity index (χ2v) is 4.01. The Hall–Kier alpha value is -2.15. The van der Waals surface area contributed by atoms with E-state index in [4.69, 9.17) is 4.42 Å². The van der Waals surface area contributed by atoms with Crippen molar-refractivity contribution in [2.75, 3.05) is 13.7 Å². The van der Waals surface area contributed by atoms with Crippen molar-refractivity contribution in [2.45, 2.75) is 19.4 Å². The standard InChI is InChI=1S/C12H16N4O3/c1-18-12(17)9-5-10(19-7-9)6-13-4-2-3-11-14-8-15-16-11/h5,7-8,13H,2-4,6H2,1H3,(H,14,15,16). The number of esters is 1. The molecule has 0 fully saturated rings. The smallest absolute Gasteiger partial charge is 0.341 e. The highest BCUT2D eigenvalue weighted by Crippen LogP contribution is 2.08. The summed E-state index contributed by atoms with van der Waals surface area (Å²) in [4.78, 5) is 15.3. The predicted molar refractivity (Wildman–Crippen MR) is 66.5 cm³/mol. The van der Waals surface area contributed by atoms with Gasteiger partial charge in [-0.2, -0.15) is 5.10 Å². The summed E-state index contributed by atoms with van der Waals surface area (Å²) < 4.78 is 9.85. The van der Waals surface area contributed by atoms with E-state index in [0.29, 0.717) is 17.9 Å². The largest absolute Gasteiger partial charge is 0.467 e. The van der Waals surface area contributed by atoms with Crippen LogP contribution in [0.3, 0.4) is 0 Å². The van der Waals surface area contributed by atoms with Crippen LogP contribution in [0.5, 0.6) is 0 Å². The summed E-state index contributed by atoms with van der Waals surface area (Å²) in [6.45, 7) is 1.41. The quantitative estimate of drug-likeness (QED) is 0.570. The van der Waals surface area contributed by atoms with Crippen LogP contribution in [-0.4, -0.2) is 34.8 Å². The van der Waals surface area contributed by atoms with Crippen LogP contribution < -0.4 is 5.32 Å². The summed E-state index contributed by atoms with van der Waals surface area (Å²) in [5.41, 5.74) is 0.431. The molecule has 0 unspecified atom stereocenters. The molecule has 0 aliphatic rings. The Labute approximate surface area is 110 Å². The van der Waals surface area contributed by atoms with Crippen LogP contribution in [0.25, 0.3) is 0 Å². The van der Waals surface area contributed by atoms with Gasteiger partial charge in [-0.15, -0.1) is 0 Å². The van der Waals surface area contributed by atoms with Crippen LogP contribution in [0.1, 0.15) is 28.4 Å². The van der Waals surface area contributed by atoms with Gasteiger partial charge in [-0.05, 0) is 19.0 Å². The van der Waals surface area contributed by atoms with E-state index in [1.807, 2.05) is 0 Å². The maximum Gasteiger partial charge on any atom is 0.341 e. The molecule has 2 heterocycles. The van der Waals surface area contributed by atoms with Crippen molar-refractivity contribution in [3.8, 4) is 0 Å². The molecule has 0 radical (unpaired) electrons. The van der Waals surface area contributed by atoms with Gasteiger partial charge in [-0.1, -0.05) is 0 Å². The maximum absolute atomic E-state index is 11.2. The number of methoxy groups -OCH3 is 1. The molecule has 2 aromatic heterocycles. The lowest BCUT2D eigenvalue weighted by molar-refractivity contribution is 0.0600. The van der Waals surface area contributed by atoms with E-state index in [9.17, 15) is 4.79 Å². The fourth-order valence-electron chi connectivity index (χ4n) is 1.64. The van der Waals surface area contributed by atoms with Crippen molar-refractivity contribution in [1.82, 2.24) is 20.5 Å². The summed E-state index contributed by atoms with van der Waals surface area (Å²) in [5.74, 6) is 1.20. The van der Waals surface area contributed by atoms with Crippen molar-refractivity contribution in [2.24, 2.45) is 0 Å². The second kappa shape index (κ2) is 6.69. The third-order valence-electron chi connectivity index (χ3n) is 2.61. The number of nitrogens with one attached hydrogen (secondary N) is 2. The predicted octanol–water partition coefficient (Wildman–Crippen LogP) is 0.907. The van der Waals surface area contributed by atoms with E-state index in [2.05, 4.69) is 25.2 Å². The highest BCUT2D eigenvalue weighted by molar-refractivity contribution is 5.88. The average molecular weight is 264 g/mol. The lowest BCUT2D eigenvalue weighted by Crippen LogP contribution is -2.15. The van der Waals surface area contributed by atoms with E-state index in [-0.39, 0.29) is 5.97 Å². The Morgan fingerprint density at radius 2 is 2.47 bits per heavy atom. The molecule has 0 bridgehead atoms. The van der Waals surface area contributed by atoms with E-state index in [1.54, 1.807) is 6.07 Å². The van der Waals surface area contributed by atoms with Gasteiger partial charge in [0.1, 0.15) is 24.2 Å². The molecule has 2 N–H and O–H groups in total. The molecule has 102 valence electrons. The van der Waals surface area contributed by atoms with Gasteiger partial charge < -0.3 is 14.5 Å². The Morgan fingerprint density at radius 1 is 1.58 bits per heavy atom. The van der Waals surface area contributed by atoms with Gasteiger partial charge in [0.15, 0.2) is 0 Å². The molecule has 0 saturated heterocycles. The fourth-order valence-corrected chi connectivity index (χ4v) is 1.64. The number of rotatable bonds is 7. The first-order valence-corrected chi connectivity index (χ1v) is 6.00. The van der Waals surface area contributed by atoms with Gasteiger partial charge in [0.2, 0.25) is 0 Å². The van der Waals surface area contributed by atoms with Crippen LogP contribution in [0.15, 0.2) is 23.1 Å². The number of hydrogen-bond acceptors (Lipinski definition) is 6. The summed E-state index contributed by atoms with van der Waals surface area (Å²) in [5, 5.41) is 9.82. The Balaban J connectivity index is 1.65. The fraction of sp³-hybridized carbons (Fsp3) is 0.417. The third-order valence-corrected chi connectivity index (χ3v) is 2.61. The Morgan fingerprint density at radius 3 is 3.21 bits per heavy atom. The molecule has 0 aliphatic carbocycles. The van der Waals surface area contributed by atoms with E-state index in [1.165, 1.54) is 19.7 Å². The molecule has 0 atom stereocenters. The number of ether oxygens (including phenoxy) is 1. The number of aromatic amines is 1. The first-order chi connectivity index (χ1) is 9.29. The van der Waals surface area contributed by atoms with Gasteiger partial charge in [-0.3, -0.25) is 5.10 Å². The normalized spacial score (nSPS) is 10.6. The second-order valence-electron chi connectivity index (χ2n) is 4.01. The topological polar surface area (TPSA) is 93.0 Å². The molecule has 2 aromatic rings. The van der Waals surface area contributed by atoms with Crippen molar-refractivity contribution in [3.63, 3.8) is 0 Å². The molecule has 0 saturated carbocycles. The van der Waals surface area contributed by atoms with Crippen LogP contribution >= 0.6 is 0 Å². The summed E-state index contributed by atoms with van der Waals surface area (Å²) >= 11 is 0. The molecule has 7 nitrogen and oxygen atoms in total. The molecule has 0 amide bonds. The van der Waals surface area contributed by atoms with Crippen molar-refractivity contribution in [1.29, 1.82) is 0 Å². The Bertz CT molecular complexity index is 507. The molecule has 2 rings (SSSR count). The molecule has 0 aromatic carbocycles. The van der Waals surface area contributed by atoms with Crippen LogP contribution in [0.4, 0.5) is 0 Å². The molecular formula is C12H16N4O3. The number of furan rings is 1. The lowest BCUT2D eigenvalue weighted by atomic mass is 10.3. The van der Waals surface area contributed by atoms with Crippen LogP contribution in [0, 0.1) is 0 Å². The van der Waals surface area contributed by atoms with Crippen molar-refractivity contribution < 1.29 is 13.9 Å². The zero-order valence-corrected chi connectivity index (χ0v) is 10.7. The van der Waals surface area contributed by atoms with E-state index in [0.717, 1.165) is 25.2 Å². The molecule has 19 heavy (non-hydrogen) atoms. The number of nitrogens with zero attached hydrogens (tertiary/aromatic N) is 2. The van der Waals surface area contributed by atoms with Gasteiger partial charge >= 0.3 is 5.97 Å². The highest BCUT2D eigenvalue weighted by Gasteiger charge is 2.09. The van der Waals surface area contributed by atoms with Gasteiger partial charge in [0.05, 0.1) is 19.2 Å². The number of hydrogen-bond donors (Lipinski definition) is 2. The minimum absolute atomic E-state index is 0.389. The first kappa shape index (κ1) is 13.3. The minimum Gasteiger partial charge on any atom is -0.467 e. The Kier molecular flexibility index (Phi) is 4.68. The first-order valence-electron chi connectivity index (χ1n) is 6.00. The number of H-pyrrole nitrogens is 1. The zero-order chi connectivity index (χ0) is 13.5. The molecule has 0 aliphatic heterocycles. The van der Waals surface area contributed by atoms with Gasteiger partial charge in [0.25, 0.3) is 0 Å². The van der Waals surface area contributed by atoms with Crippen LogP contribution in [0.2, 0.25) is 0 Å². The van der Waals surface area contributed by atoms with Crippen molar-refractivity contribution >= 4 is 5.97 Å². The number of carbonyl (C=O) groups excluding carboxylic acids is 1. The summed E-state index contributed by atoms with van der Waals surface area (Å²) in [6, 6.07) is 1.68. The average Bonchev–Trinajstić information content (AvgIpc) is 3.08.